The lowest BCUT2D eigenvalue weighted by molar-refractivity contribution is -0.142. The summed E-state index contributed by atoms with van der Waals surface area (Å²) in [6.07, 6.45) is 3.87. The first-order chi connectivity index (χ1) is 8.06. The van der Waals surface area contributed by atoms with E-state index in [1.165, 1.54) is 0 Å². The second-order valence-corrected chi connectivity index (χ2v) is 4.73. The molecule has 0 aromatic heterocycles. The predicted octanol–water partition coefficient (Wildman–Crippen LogP) is 0.241. The summed E-state index contributed by atoms with van der Waals surface area (Å²) in [6, 6.07) is -0.253. The Hall–Kier alpha value is -1.10. The zero-order chi connectivity index (χ0) is 12.8. The highest BCUT2D eigenvalue weighted by Gasteiger charge is 2.30. The number of carbonyl (C=O) groups excluding carboxylic acids is 2. The van der Waals surface area contributed by atoms with Crippen molar-refractivity contribution in [2.24, 2.45) is 5.73 Å². The number of hydrogen-bond acceptors (Lipinski definition) is 3. The van der Waals surface area contributed by atoms with Crippen molar-refractivity contribution < 1.29 is 9.59 Å². The van der Waals surface area contributed by atoms with Crippen molar-refractivity contribution in [2.75, 3.05) is 13.6 Å². The van der Waals surface area contributed by atoms with Gasteiger partial charge in [-0.1, -0.05) is 0 Å². The Bertz CT molecular complexity index is 279. The molecular formula is C12H23N3O2. The zero-order valence-corrected chi connectivity index (χ0v) is 10.7. The third-order valence-electron chi connectivity index (χ3n) is 3.19. The van der Waals surface area contributed by atoms with Gasteiger partial charge in [0.05, 0.1) is 0 Å². The number of amides is 2. The summed E-state index contributed by atoms with van der Waals surface area (Å²) in [5.41, 5.74) is 5.64. The summed E-state index contributed by atoms with van der Waals surface area (Å²) in [5, 5.41) is 2.63. The lowest BCUT2D eigenvalue weighted by Crippen LogP contribution is -2.51. The highest BCUT2D eigenvalue weighted by Crippen LogP contribution is 2.18. The molecule has 5 nitrogen and oxygen atoms in total. The van der Waals surface area contributed by atoms with E-state index < -0.39 is 0 Å². The van der Waals surface area contributed by atoms with Crippen LogP contribution in [0, 0.1) is 0 Å². The van der Waals surface area contributed by atoms with Crippen molar-refractivity contribution in [3.05, 3.63) is 0 Å². The van der Waals surface area contributed by atoms with Gasteiger partial charge in [0.2, 0.25) is 11.8 Å². The smallest absolute Gasteiger partial charge is 0.242 e. The molecule has 1 fully saturated rings. The van der Waals surface area contributed by atoms with Gasteiger partial charge in [-0.3, -0.25) is 9.59 Å². The van der Waals surface area contributed by atoms with Crippen molar-refractivity contribution >= 4 is 11.8 Å². The van der Waals surface area contributed by atoms with Gasteiger partial charge in [0.25, 0.3) is 0 Å². The summed E-state index contributed by atoms with van der Waals surface area (Å²) in [6.45, 7) is 2.58. The first-order valence-electron chi connectivity index (χ1n) is 6.33. The minimum Gasteiger partial charge on any atom is -0.357 e. The lowest BCUT2D eigenvalue weighted by atomic mass is 10.0. The Labute approximate surface area is 103 Å². The molecule has 1 aliphatic heterocycles. The number of rotatable bonds is 4. The average Bonchev–Trinajstić information content (AvgIpc) is 2.34. The van der Waals surface area contributed by atoms with E-state index >= 15 is 0 Å². The fourth-order valence-electron chi connectivity index (χ4n) is 2.16. The molecule has 2 amide bonds. The fourth-order valence-corrected chi connectivity index (χ4v) is 2.16. The van der Waals surface area contributed by atoms with Crippen molar-refractivity contribution in [3.8, 4) is 0 Å². The molecule has 0 bridgehead atoms. The second kappa shape index (κ2) is 6.59. The largest absolute Gasteiger partial charge is 0.357 e. The second-order valence-electron chi connectivity index (χ2n) is 4.73. The molecule has 0 aromatic carbocycles. The van der Waals surface area contributed by atoms with Gasteiger partial charge in [-0.05, 0) is 32.6 Å². The molecule has 2 unspecified atom stereocenters. The molecule has 98 valence electrons. The third-order valence-corrected chi connectivity index (χ3v) is 3.19. The van der Waals surface area contributed by atoms with Crippen LogP contribution < -0.4 is 11.1 Å². The predicted molar refractivity (Wildman–Crippen MR) is 66.3 cm³/mol. The van der Waals surface area contributed by atoms with Gasteiger partial charge < -0.3 is 16.0 Å². The monoisotopic (exact) mass is 241 g/mol. The maximum atomic E-state index is 12.0. The molecule has 2 atom stereocenters. The van der Waals surface area contributed by atoms with Crippen molar-refractivity contribution in [1.29, 1.82) is 0 Å². The quantitative estimate of drug-likeness (QED) is 0.740. The number of likely N-dealkylation sites (tertiary alicyclic amines) is 1. The normalized spacial score (nSPS) is 22.1. The van der Waals surface area contributed by atoms with Crippen LogP contribution in [-0.2, 0) is 9.59 Å². The van der Waals surface area contributed by atoms with E-state index in [2.05, 4.69) is 5.32 Å². The molecule has 0 aliphatic carbocycles. The van der Waals surface area contributed by atoms with E-state index in [0.717, 1.165) is 19.3 Å². The minimum absolute atomic E-state index is 0.0298. The van der Waals surface area contributed by atoms with Crippen LogP contribution in [0.2, 0.25) is 0 Å². The molecule has 1 saturated heterocycles. The fraction of sp³-hybridized carbons (Fsp3) is 0.833. The maximum absolute atomic E-state index is 12.0. The van der Waals surface area contributed by atoms with Gasteiger partial charge in [0.1, 0.15) is 6.04 Å². The van der Waals surface area contributed by atoms with Gasteiger partial charge in [0.15, 0.2) is 0 Å². The Morgan fingerprint density at radius 2 is 2.18 bits per heavy atom. The van der Waals surface area contributed by atoms with Gasteiger partial charge in [-0.25, -0.2) is 0 Å². The highest BCUT2D eigenvalue weighted by molar-refractivity contribution is 5.87. The van der Waals surface area contributed by atoms with Gasteiger partial charge in [-0.2, -0.15) is 0 Å². The average molecular weight is 241 g/mol. The molecule has 1 aliphatic rings. The minimum atomic E-state index is -0.283. The van der Waals surface area contributed by atoms with Crippen LogP contribution in [0.15, 0.2) is 0 Å². The van der Waals surface area contributed by atoms with Crippen LogP contribution in [0.4, 0.5) is 0 Å². The standard InChI is InChI=1S/C12H23N3O2/c1-9(13)6-7-11(16)15-8-4-3-5-10(15)12(17)14-2/h9-10H,3-8,13H2,1-2H3,(H,14,17). The molecule has 1 rings (SSSR count). The molecule has 1 heterocycles. The Morgan fingerprint density at radius 1 is 1.47 bits per heavy atom. The maximum Gasteiger partial charge on any atom is 0.242 e. The van der Waals surface area contributed by atoms with Crippen molar-refractivity contribution in [2.45, 2.75) is 51.1 Å². The molecule has 0 radical (unpaired) electrons. The van der Waals surface area contributed by atoms with Crippen LogP contribution >= 0.6 is 0 Å². The van der Waals surface area contributed by atoms with E-state index in [-0.39, 0.29) is 23.9 Å². The number of hydrogen-bond donors (Lipinski definition) is 2. The van der Waals surface area contributed by atoms with Crippen molar-refractivity contribution in [1.82, 2.24) is 10.2 Å². The molecular weight excluding hydrogens is 218 g/mol. The summed E-state index contributed by atoms with van der Waals surface area (Å²) < 4.78 is 0. The molecule has 0 saturated carbocycles. The van der Waals surface area contributed by atoms with Gasteiger partial charge in [-0.15, -0.1) is 0 Å². The Kier molecular flexibility index (Phi) is 5.41. The SMILES string of the molecule is CNC(=O)C1CCCCN1C(=O)CCC(C)N. The molecule has 0 aromatic rings. The van der Waals surface area contributed by atoms with Gasteiger partial charge >= 0.3 is 0 Å². The summed E-state index contributed by atoms with van der Waals surface area (Å²) in [4.78, 5) is 25.4. The van der Waals surface area contributed by atoms with Crippen LogP contribution in [0.5, 0.6) is 0 Å². The van der Waals surface area contributed by atoms with E-state index in [4.69, 9.17) is 5.73 Å². The van der Waals surface area contributed by atoms with Crippen LogP contribution in [0.25, 0.3) is 0 Å². The summed E-state index contributed by atoms with van der Waals surface area (Å²) >= 11 is 0. The van der Waals surface area contributed by atoms with Crippen LogP contribution in [0.1, 0.15) is 39.0 Å². The number of piperidine rings is 1. The van der Waals surface area contributed by atoms with E-state index in [1.807, 2.05) is 6.92 Å². The summed E-state index contributed by atoms with van der Waals surface area (Å²) in [7, 11) is 1.61. The Morgan fingerprint density at radius 3 is 2.76 bits per heavy atom. The first-order valence-corrected chi connectivity index (χ1v) is 6.33. The molecule has 0 spiro atoms. The topological polar surface area (TPSA) is 75.4 Å². The number of nitrogens with zero attached hydrogens (tertiary/aromatic N) is 1. The third kappa shape index (κ3) is 4.00. The van der Waals surface area contributed by atoms with Crippen molar-refractivity contribution in [3.63, 3.8) is 0 Å². The Balaban J connectivity index is 2.58. The van der Waals surface area contributed by atoms with Gasteiger partial charge in [0, 0.05) is 26.1 Å². The van der Waals surface area contributed by atoms with Crippen LogP contribution in [-0.4, -0.2) is 42.4 Å². The molecule has 5 heteroatoms. The number of nitrogens with one attached hydrogen (secondary N) is 1. The van der Waals surface area contributed by atoms with Crippen LogP contribution in [0.3, 0.4) is 0 Å². The molecule has 17 heavy (non-hydrogen) atoms. The zero-order valence-electron chi connectivity index (χ0n) is 10.7. The first kappa shape index (κ1) is 14.0. The van der Waals surface area contributed by atoms with E-state index in [1.54, 1.807) is 11.9 Å². The number of likely N-dealkylation sites (N-methyl/N-ethyl adjacent to an activating group) is 1. The lowest BCUT2D eigenvalue weighted by Gasteiger charge is -2.34. The number of nitrogens with two attached hydrogens (primary N) is 1. The van der Waals surface area contributed by atoms with E-state index in [9.17, 15) is 9.59 Å². The highest BCUT2D eigenvalue weighted by atomic mass is 16.2. The molecule has 3 N–H and O–H groups in total. The van der Waals surface area contributed by atoms with E-state index in [0.29, 0.717) is 19.4 Å². The summed E-state index contributed by atoms with van der Waals surface area (Å²) in [5.74, 6) is -0.00514. The number of carbonyl (C=O) groups is 2.